The zero-order chi connectivity index (χ0) is 20.0. The van der Waals surface area contributed by atoms with Crippen molar-refractivity contribution in [2.45, 2.75) is 51.9 Å². The minimum atomic E-state index is -0.875. The van der Waals surface area contributed by atoms with Crippen molar-refractivity contribution in [2.24, 2.45) is 5.92 Å². The summed E-state index contributed by atoms with van der Waals surface area (Å²) in [7, 11) is 0. The summed E-state index contributed by atoms with van der Waals surface area (Å²) >= 11 is 0. The summed E-state index contributed by atoms with van der Waals surface area (Å²) in [5.41, 5.74) is -0.783. The quantitative estimate of drug-likeness (QED) is 0.794. The third-order valence-corrected chi connectivity index (χ3v) is 4.26. The van der Waals surface area contributed by atoms with Crippen LogP contribution in [0.3, 0.4) is 0 Å². The van der Waals surface area contributed by atoms with Crippen LogP contribution >= 0.6 is 0 Å². The van der Waals surface area contributed by atoms with Crippen LogP contribution in [0.25, 0.3) is 0 Å². The smallest absolute Gasteiger partial charge is 0.410 e. The number of nitrogens with one attached hydrogen (secondary N) is 1. The maximum absolute atomic E-state index is 12.4. The van der Waals surface area contributed by atoms with Gasteiger partial charge in [-0.25, -0.2) is 4.79 Å². The Labute approximate surface area is 159 Å². The molecule has 2 atom stereocenters. The number of carbonyl (C=O) groups excluding carboxylic acids is 2. The average molecular weight is 379 g/mol. The molecule has 0 saturated carbocycles. The lowest BCUT2D eigenvalue weighted by atomic mass is 9.97. The van der Waals surface area contributed by atoms with Crippen LogP contribution in [0.1, 0.15) is 33.6 Å². The van der Waals surface area contributed by atoms with Crippen LogP contribution in [0.4, 0.5) is 4.79 Å². The first-order valence-corrected chi connectivity index (χ1v) is 9.25. The van der Waals surface area contributed by atoms with Crippen LogP contribution in [0, 0.1) is 5.92 Å². The molecule has 2 heterocycles. The number of rotatable bonds is 5. The van der Waals surface area contributed by atoms with E-state index in [9.17, 15) is 19.5 Å². The molecule has 0 bridgehead atoms. The van der Waals surface area contributed by atoms with Crippen molar-refractivity contribution in [2.75, 3.05) is 19.6 Å². The molecule has 1 aromatic heterocycles. The van der Waals surface area contributed by atoms with E-state index in [0.717, 1.165) is 6.42 Å². The van der Waals surface area contributed by atoms with Crippen molar-refractivity contribution in [1.29, 1.82) is 0 Å². The molecule has 2 unspecified atom stereocenters. The van der Waals surface area contributed by atoms with Crippen LogP contribution in [0.2, 0.25) is 0 Å². The lowest BCUT2D eigenvalue weighted by Crippen LogP contribution is -2.48. The second-order valence-electron chi connectivity index (χ2n) is 7.86. The van der Waals surface area contributed by atoms with Crippen LogP contribution in [-0.4, -0.2) is 57.9 Å². The van der Waals surface area contributed by atoms with Crippen LogP contribution in [-0.2, 0) is 16.1 Å². The molecule has 0 aromatic carbocycles. The normalized spacial score (nSPS) is 18.7. The Balaban J connectivity index is 1.82. The highest BCUT2D eigenvalue weighted by atomic mass is 16.6. The van der Waals surface area contributed by atoms with E-state index >= 15 is 0 Å². The van der Waals surface area contributed by atoms with Crippen LogP contribution in [0.5, 0.6) is 0 Å². The van der Waals surface area contributed by atoms with E-state index in [1.165, 1.54) is 10.6 Å². The topological polar surface area (TPSA) is 101 Å². The maximum atomic E-state index is 12.4. The van der Waals surface area contributed by atoms with Gasteiger partial charge in [-0.05, 0) is 39.7 Å². The van der Waals surface area contributed by atoms with Gasteiger partial charge in [0.25, 0.3) is 5.56 Å². The van der Waals surface area contributed by atoms with Crippen molar-refractivity contribution >= 4 is 12.0 Å². The van der Waals surface area contributed by atoms with E-state index in [4.69, 9.17) is 4.74 Å². The predicted molar refractivity (Wildman–Crippen MR) is 100 cm³/mol. The monoisotopic (exact) mass is 379 g/mol. The van der Waals surface area contributed by atoms with E-state index in [0.29, 0.717) is 19.5 Å². The Kier molecular flexibility index (Phi) is 7.01. The first-order valence-electron chi connectivity index (χ1n) is 9.25. The lowest BCUT2D eigenvalue weighted by Gasteiger charge is -2.33. The number of hydrogen-bond donors (Lipinski definition) is 2. The van der Waals surface area contributed by atoms with Gasteiger partial charge >= 0.3 is 6.09 Å². The second kappa shape index (κ2) is 9.03. The fourth-order valence-corrected chi connectivity index (χ4v) is 2.95. The molecular formula is C19H29N3O5. The molecule has 2 N–H and O–H groups in total. The van der Waals surface area contributed by atoms with Crippen molar-refractivity contribution in [3.8, 4) is 0 Å². The first-order chi connectivity index (χ1) is 12.7. The van der Waals surface area contributed by atoms with Gasteiger partial charge in [-0.3, -0.25) is 9.59 Å². The van der Waals surface area contributed by atoms with Crippen molar-refractivity contribution in [3.63, 3.8) is 0 Å². The van der Waals surface area contributed by atoms with Crippen molar-refractivity contribution in [3.05, 3.63) is 34.7 Å². The molecule has 1 aliphatic rings. The Bertz CT molecular complexity index is 710. The highest BCUT2D eigenvalue weighted by Gasteiger charge is 2.31. The zero-order valence-corrected chi connectivity index (χ0v) is 16.2. The summed E-state index contributed by atoms with van der Waals surface area (Å²) < 4.78 is 6.75. The van der Waals surface area contributed by atoms with Gasteiger partial charge in [-0.15, -0.1) is 0 Å². The molecular weight excluding hydrogens is 350 g/mol. The summed E-state index contributed by atoms with van der Waals surface area (Å²) in [5.74, 6) is -0.541. The highest BCUT2D eigenvalue weighted by molar-refractivity contribution is 5.80. The molecule has 2 amide bonds. The van der Waals surface area contributed by atoms with Crippen LogP contribution in [0.15, 0.2) is 29.2 Å². The predicted octanol–water partition coefficient (Wildman–Crippen LogP) is 0.972. The van der Waals surface area contributed by atoms with E-state index in [1.807, 2.05) is 0 Å². The van der Waals surface area contributed by atoms with Gasteiger partial charge in [0, 0.05) is 31.9 Å². The summed E-state index contributed by atoms with van der Waals surface area (Å²) in [6.45, 7) is 6.43. The van der Waals surface area contributed by atoms with Crippen molar-refractivity contribution < 1.29 is 19.4 Å². The standard InChI is InChI=1S/C19H29N3O5/c1-19(2,3)27-18(26)22-10-6-7-14(12-22)17(25)20-11-15(23)13-21-9-5-4-8-16(21)24/h4-5,8-9,14-15,23H,6-7,10-13H2,1-3H3,(H,20,25). The van der Waals surface area contributed by atoms with Gasteiger partial charge in [-0.1, -0.05) is 6.07 Å². The molecule has 8 nitrogen and oxygen atoms in total. The van der Waals surface area contributed by atoms with Gasteiger partial charge in [0.2, 0.25) is 5.91 Å². The lowest BCUT2D eigenvalue weighted by molar-refractivity contribution is -0.127. The van der Waals surface area contributed by atoms with Crippen LogP contribution < -0.4 is 10.9 Å². The molecule has 0 radical (unpaired) electrons. The first kappa shape index (κ1) is 21.0. The Hall–Kier alpha value is -2.35. The summed E-state index contributed by atoms with van der Waals surface area (Å²) in [4.78, 5) is 37.8. The number of nitrogens with zero attached hydrogens (tertiary/aromatic N) is 2. The number of aromatic nitrogens is 1. The number of carbonyl (C=O) groups is 2. The van der Waals surface area contributed by atoms with E-state index < -0.39 is 17.8 Å². The minimum Gasteiger partial charge on any atom is -0.444 e. The Morgan fingerprint density at radius 2 is 2.11 bits per heavy atom. The molecule has 27 heavy (non-hydrogen) atoms. The summed E-state index contributed by atoms with van der Waals surface area (Å²) in [6, 6.07) is 4.76. The maximum Gasteiger partial charge on any atom is 0.410 e. The zero-order valence-electron chi connectivity index (χ0n) is 16.2. The number of hydrogen-bond acceptors (Lipinski definition) is 5. The minimum absolute atomic E-state index is 0.0447. The van der Waals surface area contributed by atoms with Gasteiger partial charge < -0.3 is 24.6 Å². The third-order valence-electron chi connectivity index (χ3n) is 4.26. The summed E-state index contributed by atoms with van der Waals surface area (Å²) in [5, 5.41) is 12.8. The average Bonchev–Trinajstić information content (AvgIpc) is 2.60. The van der Waals surface area contributed by atoms with E-state index in [1.54, 1.807) is 44.0 Å². The van der Waals surface area contributed by atoms with E-state index in [2.05, 4.69) is 5.32 Å². The van der Waals surface area contributed by atoms with Gasteiger partial charge in [0.1, 0.15) is 5.60 Å². The number of amides is 2. The number of pyridine rings is 1. The van der Waals surface area contributed by atoms with Gasteiger partial charge in [0.15, 0.2) is 0 Å². The SMILES string of the molecule is CC(C)(C)OC(=O)N1CCCC(C(=O)NCC(O)Cn2ccccc2=O)C1. The molecule has 150 valence electrons. The molecule has 2 rings (SSSR count). The third kappa shape index (κ3) is 6.71. The molecule has 1 saturated heterocycles. The molecule has 1 aromatic rings. The Morgan fingerprint density at radius 3 is 2.78 bits per heavy atom. The van der Waals surface area contributed by atoms with Crippen molar-refractivity contribution in [1.82, 2.24) is 14.8 Å². The van der Waals surface area contributed by atoms with Gasteiger partial charge in [0.05, 0.1) is 18.6 Å². The summed E-state index contributed by atoms with van der Waals surface area (Å²) in [6.07, 6.45) is 1.70. The molecule has 1 fully saturated rings. The fourth-order valence-electron chi connectivity index (χ4n) is 2.95. The largest absolute Gasteiger partial charge is 0.444 e. The van der Waals surface area contributed by atoms with E-state index in [-0.39, 0.29) is 30.5 Å². The number of likely N-dealkylation sites (tertiary alicyclic amines) is 1. The molecule has 0 aliphatic carbocycles. The highest BCUT2D eigenvalue weighted by Crippen LogP contribution is 2.19. The molecule has 0 spiro atoms. The number of ether oxygens (including phenoxy) is 1. The fraction of sp³-hybridized carbons (Fsp3) is 0.632. The molecule has 1 aliphatic heterocycles. The molecule has 8 heteroatoms. The number of aliphatic hydroxyl groups excluding tert-OH is 1. The number of piperidine rings is 1. The number of aliphatic hydroxyl groups is 1. The Morgan fingerprint density at radius 1 is 1.37 bits per heavy atom. The second-order valence-corrected chi connectivity index (χ2v) is 7.86. The van der Waals surface area contributed by atoms with Gasteiger partial charge in [-0.2, -0.15) is 0 Å².